The first-order valence-corrected chi connectivity index (χ1v) is 4.20. The summed E-state index contributed by atoms with van der Waals surface area (Å²) in [6, 6.07) is 3.55. The van der Waals surface area contributed by atoms with Gasteiger partial charge in [0.15, 0.2) is 5.82 Å². The number of pyridine rings is 1. The van der Waals surface area contributed by atoms with E-state index in [1.165, 1.54) is 0 Å². The zero-order valence-corrected chi connectivity index (χ0v) is 8.24. The van der Waals surface area contributed by atoms with E-state index in [1.807, 2.05) is 18.9 Å². The van der Waals surface area contributed by atoms with Gasteiger partial charge in [0.25, 0.3) is 0 Å². The molecule has 1 aromatic rings. The molecule has 0 amide bonds. The molecule has 0 fully saturated rings. The van der Waals surface area contributed by atoms with E-state index in [1.54, 1.807) is 19.2 Å². The summed E-state index contributed by atoms with van der Waals surface area (Å²) in [5, 5.41) is 0. The van der Waals surface area contributed by atoms with Crippen molar-refractivity contribution in [3.05, 3.63) is 12.1 Å². The molecule has 0 atom stereocenters. The molecular formula is C9H15N3O. The first-order chi connectivity index (χ1) is 6.19. The minimum absolute atomic E-state index is 0.588. The van der Waals surface area contributed by atoms with E-state index < -0.39 is 0 Å². The van der Waals surface area contributed by atoms with E-state index in [9.17, 15) is 0 Å². The van der Waals surface area contributed by atoms with Crippen LogP contribution in [0.2, 0.25) is 0 Å². The van der Waals surface area contributed by atoms with Gasteiger partial charge < -0.3 is 15.4 Å². The van der Waals surface area contributed by atoms with E-state index in [2.05, 4.69) is 4.98 Å². The summed E-state index contributed by atoms with van der Waals surface area (Å²) in [4.78, 5) is 6.21. The molecule has 1 rings (SSSR count). The van der Waals surface area contributed by atoms with Crippen molar-refractivity contribution in [2.24, 2.45) is 0 Å². The van der Waals surface area contributed by atoms with Crippen molar-refractivity contribution in [1.29, 1.82) is 0 Å². The SMILES string of the molecule is CCN(C)c1nc(OC)ccc1N. The summed E-state index contributed by atoms with van der Waals surface area (Å²) < 4.78 is 5.01. The Morgan fingerprint density at radius 3 is 2.77 bits per heavy atom. The maximum Gasteiger partial charge on any atom is 0.215 e. The van der Waals surface area contributed by atoms with Crippen molar-refractivity contribution in [2.45, 2.75) is 6.92 Å². The molecule has 0 aromatic carbocycles. The third kappa shape index (κ3) is 2.02. The van der Waals surface area contributed by atoms with Crippen LogP contribution in [-0.2, 0) is 0 Å². The Labute approximate surface area is 78.3 Å². The highest BCUT2D eigenvalue weighted by Crippen LogP contribution is 2.22. The zero-order valence-electron chi connectivity index (χ0n) is 8.24. The molecule has 0 spiro atoms. The average Bonchev–Trinajstić information content (AvgIpc) is 2.17. The third-order valence-electron chi connectivity index (χ3n) is 1.92. The predicted molar refractivity (Wildman–Crippen MR) is 54.1 cm³/mol. The van der Waals surface area contributed by atoms with Gasteiger partial charge in [-0.3, -0.25) is 0 Å². The number of hydrogen-bond donors (Lipinski definition) is 1. The molecule has 2 N–H and O–H groups in total. The molecule has 0 aliphatic carbocycles. The van der Waals surface area contributed by atoms with Gasteiger partial charge in [-0.15, -0.1) is 0 Å². The Hall–Kier alpha value is -1.45. The Morgan fingerprint density at radius 1 is 1.54 bits per heavy atom. The summed E-state index contributed by atoms with van der Waals surface area (Å²) in [5.41, 5.74) is 6.43. The smallest absolute Gasteiger partial charge is 0.215 e. The second-order valence-corrected chi connectivity index (χ2v) is 2.78. The largest absolute Gasteiger partial charge is 0.481 e. The predicted octanol–water partition coefficient (Wildman–Crippen LogP) is 1.13. The molecule has 1 heterocycles. The van der Waals surface area contributed by atoms with Gasteiger partial charge in [-0.25, -0.2) is 0 Å². The summed E-state index contributed by atoms with van der Waals surface area (Å²) in [6.45, 7) is 2.91. The quantitative estimate of drug-likeness (QED) is 0.759. The Bertz CT molecular complexity index is 288. The first kappa shape index (κ1) is 9.64. The fourth-order valence-corrected chi connectivity index (χ4v) is 1.01. The standard InChI is InChI=1S/C9H15N3O/c1-4-12(2)9-7(10)5-6-8(11-9)13-3/h5-6H,4,10H2,1-3H3. The van der Waals surface area contributed by atoms with Crippen molar-refractivity contribution < 1.29 is 4.74 Å². The van der Waals surface area contributed by atoms with Crippen molar-refractivity contribution in [2.75, 3.05) is 31.3 Å². The number of nitrogens with two attached hydrogens (primary N) is 1. The van der Waals surface area contributed by atoms with E-state index in [0.29, 0.717) is 11.6 Å². The Morgan fingerprint density at radius 2 is 2.23 bits per heavy atom. The highest BCUT2D eigenvalue weighted by molar-refractivity contribution is 5.63. The van der Waals surface area contributed by atoms with Crippen molar-refractivity contribution >= 4 is 11.5 Å². The summed E-state index contributed by atoms with van der Waals surface area (Å²) >= 11 is 0. The number of ether oxygens (including phenoxy) is 1. The summed E-state index contributed by atoms with van der Waals surface area (Å²) in [6.07, 6.45) is 0. The molecule has 0 bridgehead atoms. The Balaban J connectivity index is 3.03. The van der Waals surface area contributed by atoms with Crippen LogP contribution in [0.5, 0.6) is 5.88 Å². The van der Waals surface area contributed by atoms with Crippen molar-refractivity contribution in [3.63, 3.8) is 0 Å². The lowest BCUT2D eigenvalue weighted by atomic mass is 10.3. The van der Waals surface area contributed by atoms with Gasteiger partial charge in [-0.2, -0.15) is 4.98 Å². The topological polar surface area (TPSA) is 51.4 Å². The monoisotopic (exact) mass is 181 g/mol. The van der Waals surface area contributed by atoms with Gasteiger partial charge >= 0.3 is 0 Å². The summed E-state index contributed by atoms with van der Waals surface area (Å²) in [7, 11) is 3.53. The summed E-state index contributed by atoms with van der Waals surface area (Å²) in [5.74, 6) is 1.35. The maximum absolute atomic E-state index is 5.76. The number of hydrogen-bond acceptors (Lipinski definition) is 4. The molecule has 0 saturated heterocycles. The van der Waals surface area contributed by atoms with Crippen LogP contribution < -0.4 is 15.4 Å². The molecule has 13 heavy (non-hydrogen) atoms. The number of aromatic nitrogens is 1. The van der Waals surface area contributed by atoms with Crippen LogP contribution in [0.4, 0.5) is 11.5 Å². The molecule has 4 nitrogen and oxygen atoms in total. The minimum Gasteiger partial charge on any atom is -0.481 e. The number of nitrogen functional groups attached to an aromatic ring is 1. The lowest BCUT2D eigenvalue weighted by Crippen LogP contribution is -2.18. The van der Waals surface area contributed by atoms with Crippen molar-refractivity contribution in [3.8, 4) is 5.88 Å². The van der Waals surface area contributed by atoms with Crippen LogP contribution in [0.25, 0.3) is 0 Å². The van der Waals surface area contributed by atoms with E-state index in [0.717, 1.165) is 12.4 Å². The van der Waals surface area contributed by atoms with Crippen LogP contribution >= 0.6 is 0 Å². The second-order valence-electron chi connectivity index (χ2n) is 2.78. The molecule has 72 valence electrons. The maximum atomic E-state index is 5.76. The van der Waals surface area contributed by atoms with Crippen LogP contribution in [-0.4, -0.2) is 25.7 Å². The number of nitrogens with zero attached hydrogens (tertiary/aromatic N) is 2. The van der Waals surface area contributed by atoms with Crippen LogP contribution in [0.15, 0.2) is 12.1 Å². The van der Waals surface area contributed by atoms with Gasteiger partial charge in [0, 0.05) is 19.7 Å². The molecular weight excluding hydrogens is 166 g/mol. The second kappa shape index (κ2) is 3.98. The highest BCUT2D eigenvalue weighted by Gasteiger charge is 2.06. The lowest BCUT2D eigenvalue weighted by Gasteiger charge is -2.17. The lowest BCUT2D eigenvalue weighted by molar-refractivity contribution is 0.398. The van der Waals surface area contributed by atoms with Crippen LogP contribution in [0, 0.1) is 0 Å². The molecule has 0 unspecified atom stereocenters. The van der Waals surface area contributed by atoms with Gasteiger partial charge in [-0.05, 0) is 13.0 Å². The molecule has 0 radical (unpaired) electrons. The highest BCUT2D eigenvalue weighted by atomic mass is 16.5. The molecule has 4 heteroatoms. The molecule has 0 aliphatic rings. The minimum atomic E-state index is 0.588. The first-order valence-electron chi connectivity index (χ1n) is 4.20. The number of anilines is 2. The molecule has 1 aromatic heterocycles. The van der Waals surface area contributed by atoms with Crippen LogP contribution in [0.3, 0.4) is 0 Å². The van der Waals surface area contributed by atoms with Gasteiger partial charge in [0.2, 0.25) is 5.88 Å². The van der Waals surface area contributed by atoms with Crippen LogP contribution in [0.1, 0.15) is 6.92 Å². The molecule has 0 saturated carbocycles. The van der Waals surface area contributed by atoms with Gasteiger partial charge in [-0.1, -0.05) is 0 Å². The van der Waals surface area contributed by atoms with Crippen molar-refractivity contribution in [1.82, 2.24) is 4.98 Å². The van der Waals surface area contributed by atoms with E-state index in [4.69, 9.17) is 10.5 Å². The van der Waals surface area contributed by atoms with E-state index in [-0.39, 0.29) is 0 Å². The fourth-order valence-electron chi connectivity index (χ4n) is 1.01. The number of methoxy groups -OCH3 is 1. The molecule has 0 aliphatic heterocycles. The fraction of sp³-hybridized carbons (Fsp3) is 0.444. The zero-order chi connectivity index (χ0) is 9.84. The average molecular weight is 181 g/mol. The van der Waals surface area contributed by atoms with Gasteiger partial charge in [0.05, 0.1) is 12.8 Å². The normalized spacial score (nSPS) is 9.77. The third-order valence-corrected chi connectivity index (χ3v) is 1.92. The number of rotatable bonds is 3. The van der Waals surface area contributed by atoms with E-state index >= 15 is 0 Å². The van der Waals surface area contributed by atoms with Gasteiger partial charge in [0.1, 0.15) is 0 Å². The Kier molecular flexibility index (Phi) is 2.95.